The van der Waals surface area contributed by atoms with Crippen molar-refractivity contribution in [1.29, 1.82) is 0 Å². The van der Waals surface area contributed by atoms with E-state index in [4.69, 9.17) is 0 Å². The number of rotatable bonds is 7. The second-order valence-electron chi connectivity index (χ2n) is 4.23. The number of unbranched alkanes of at least 4 members (excludes halogenated alkanes) is 3. The lowest BCUT2D eigenvalue weighted by molar-refractivity contribution is 0.707. The summed E-state index contributed by atoms with van der Waals surface area (Å²) in [6.45, 7) is 4.51. The van der Waals surface area contributed by atoms with E-state index >= 15 is 0 Å². The first-order valence-electron chi connectivity index (χ1n) is 6.37. The minimum Gasteiger partial charge on any atom is -0.0654 e. The van der Waals surface area contributed by atoms with Crippen LogP contribution in [0.2, 0.25) is 0 Å². The summed E-state index contributed by atoms with van der Waals surface area (Å²) >= 11 is 0. The van der Waals surface area contributed by atoms with Crippen LogP contribution in [0.3, 0.4) is 0 Å². The molecule has 0 spiro atoms. The van der Waals surface area contributed by atoms with Crippen LogP contribution in [0.4, 0.5) is 0 Å². The first-order chi connectivity index (χ1) is 7.38. The lowest BCUT2D eigenvalue weighted by atomic mass is 9.98. The normalized spacial score (nSPS) is 10.5. The molecule has 0 nitrogen and oxygen atoms in total. The molecule has 0 unspecified atom stereocenters. The molecule has 0 aromatic heterocycles. The van der Waals surface area contributed by atoms with E-state index in [1.54, 1.807) is 0 Å². The van der Waals surface area contributed by atoms with Crippen molar-refractivity contribution in [2.24, 2.45) is 0 Å². The van der Waals surface area contributed by atoms with Gasteiger partial charge in [0.2, 0.25) is 0 Å². The molecule has 1 rings (SSSR count). The first kappa shape index (κ1) is 12.3. The molecule has 0 aliphatic carbocycles. The second-order valence-corrected chi connectivity index (χ2v) is 4.23. The van der Waals surface area contributed by atoms with E-state index < -0.39 is 0 Å². The van der Waals surface area contributed by atoms with E-state index in [1.165, 1.54) is 56.1 Å². The van der Waals surface area contributed by atoms with Crippen LogP contribution in [0.1, 0.15) is 57.1 Å². The predicted molar refractivity (Wildman–Crippen MR) is 67.1 cm³/mol. The Morgan fingerprint density at radius 3 is 2.53 bits per heavy atom. The van der Waals surface area contributed by atoms with Crippen LogP contribution in [-0.4, -0.2) is 0 Å². The number of aryl methyl sites for hydroxylation is 2. The molecule has 0 atom stereocenters. The van der Waals surface area contributed by atoms with Gasteiger partial charge in [0.15, 0.2) is 0 Å². The van der Waals surface area contributed by atoms with Crippen LogP contribution in [0.5, 0.6) is 0 Å². The molecule has 0 saturated heterocycles. The molecule has 83 valence electrons. The fourth-order valence-electron chi connectivity index (χ4n) is 1.89. The summed E-state index contributed by atoms with van der Waals surface area (Å²) in [5, 5.41) is 0. The molecule has 0 amide bonds. The highest BCUT2D eigenvalue weighted by molar-refractivity contribution is 5.26. The maximum absolute atomic E-state index is 3.40. The maximum Gasteiger partial charge on any atom is -0.0146 e. The predicted octanol–water partition coefficient (Wildman–Crippen LogP) is 4.56. The van der Waals surface area contributed by atoms with Crippen LogP contribution < -0.4 is 0 Å². The second kappa shape index (κ2) is 7.50. The molecule has 0 heteroatoms. The van der Waals surface area contributed by atoms with Crippen LogP contribution in [0.15, 0.2) is 18.2 Å². The van der Waals surface area contributed by atoms with Crippen molar-refractivity contribution >= 4 is 0 Å². The quantitative estimate of drug-likeness (QED) is 0.570. The molecule has 1 aromatic carbocycles. The summed E-state index contributed by atoms with van der Waals surface area (Å²) in [5.41, 5.74) is 2.98. The lowest BCUT2D eigenvalue weighted by Crippen LogP contribution is -1.94. The monoisotopic (exact) mass is 203 g/mol. The van der Waals surface area contributed by atoms with Gasteiger partial charge < -0.3 is 0 Å². The zero-order valence-corrected chi connectivity index (χ0v) is 10.2. The standard InChI is InChI=1S/C15H23/c1-3-5-7-11-15-13-9-8-12-14(15)10-6-4-2/h8-9,13H,3-7,10-11H2,1-2H3. The Labute approximate surface area is 94.7 Å². The average Bonchev–Trinajstić information content (AvgIpc) is 2.28. The molecule has 1 aromatic rings. The molecular formula is C15H23. The number of hydrogen-bond acceptors (Lipinski definition) is 0. The van der Waals surface area contributed by atoms with E-state index in [9.17, 15) is 0 Å². The molecule has 0 aliphatic heterocycles. The van der Waals surface area contributed by atoms with Gasteiger partial charge in [-0.1, -0.05) is 51.3 Å². The van der Waals surface area contributed by atoms with Gasteiger partial charge in [-0.3, -0.25) is 0 Å². The summed E-state index contributed by atoms with van der Waals surface area (Å²) in [6.07, 6.45) is 9.00. The zero-order valence-electron chi connectivity index (χ0n) is 10.2. The average molecular weight is 203 g/mol. The number of hydrogen-bond donors (Lipinski definition) is 0. The van der Waals surface area contributed by atoms with Crippen molar-refractivity contribution in [2.45, 2.75) is 58.8 Å². The Morgan fingerprint density at radius 2 is 1.80 bits per heavy atom. The highest BCUT2D eigenvalue weighted by atomic mass is 14.1. The summed E-state index contributed by atoms with van der Waals surface area (Å²) < 4.78 is 0. The molecular weight excluding hydrogens is 180 g/mol. The van der Waals surface area contributed by atoms with E-state index in [1.807, 2.05) is 6.07 Å². The third-order valence-corrected chi connectivity index (χ3v) is 2.87. The fraction of sp³-hybridized carbons (Fsp3) is 0.600. The fourth-order valence-corrected chi connectivity index (χ4v) is 1.89. The molecule has 0 heterocycles. The Hall–Kier alpha value is -0.780. The van der Waals surface area contributed by atoms with Gasteiger partial charge in [0.25, 0.3) is 0 Å². The lowest BCUT2D eigenvalue weighted by Gasteiger charge is -2.08. The van der Waals surface area contributed by atoms with E-state index in [2.05, 4.69) is 32.0 Å². The molecule has 0 saturated carbocycles. The Balaban J connectivity index is 2.52. The van der Waals surface area contributed by atoms with Crippen LogP contribution >= 0.6 is 0 Å². The van der Waals surface area contributed by atoms with Gasteiger partial charge in [-0.15, -0.1) is 0 Å². The van der Waals surface area contributed by atoms with Crippen molar-refractivity contribution in [3.8, 4) is 0 Å². The molecule has 0 aliphatic rings. The van der Waals surface area contributed by atoms with Gasteiger partial charge in [-0.05, 0) is 42.9 Å². The largest absolute Gasteiger partial charge is 0.0654 e. The first-order valence-corrected chi connectivity index (χ1v) is 6.37. The summed E-state index contributed by atoms with van der Waals surface area (Å²) in [4.78, 5) is 0. The Kier molecular flexibility index (Phi) is 6.15. The summed E-state index contributed by atoms with van der Waals surface area (Å²) in [6, 6.07) is 9.85. The van der Waals surface area contributed by atoms with Gasteiger partial charge in [-0.2, -0.15) is 0 Å². The Bertz CT molecular complexity index is 262. The Morgan fingerprint density at radius 1 is 1.00 bits per heavy atom. The third-order valence-electron chi connectivity index (χ3n) is 2.87. The minimum atomic E-state index is 1.21. The van der Waals surface area contributed by atoms with E-state index in [-0.39, 0.29) is 0 Å². The van der Waals surface area contributed by atoms with Crippen LogP contribution in [0, 0.1) is 6.07 Å². The van der Waals surface area contributed by atoms with Crippen molar-refractivity contribution in [3.63, 3.8) is 0 Å². The number of benzene rings is 1. The topological polar surface area (TPSA) is 0 Å². The van der Waals surface area contributed by atoms with Crippen LogP contribution in [-0.2, 0) is 12.8 Å². The molecule has 15 heavy (non-hydrogen) atoms. The molecule has 0 N–H and O–H groups in total. The third kappa shape index (κ3) is 4.51. The van der Waals surface area contributed by atoms with Crippen molar-refractivity contribution < 1.29 is 0 Å². The van der Waals surface area contributed by atoms with E-state index in [0.29, 0.717) is 0 Å². The molecule has 0 fully saturated rings. The minimum absolute atomic E-state index is 1.21. The van der Waals surface area contributed by atoms with Gasteiger partial charge >= 0.3 is 0 Å². The SMILES string of the molecule is CCCCCc1ccc[c]c1CCCC. The van der Waals surface area contributed by atoms with Crippen molar-refractivity contribution in [1.82, 2.24) is 0 Å². The zero-order chi connectivity index (χ0) is 10.9. The molecule has 0 bridgehead atoms. The van der Waals surface area contributed by atoms with Crippen molar-refractivity contribution in [2.75, 3.05) is 0 Å². The van der Waals surface area contributed by atoms with E-state index in [0.717, 1.165) is 0 Å². The van der Waals surface area contributed by atoms with Crippen molar-refractivity contribution in [3.05, 3.63) is 35.4 Å². The van der Waals surface area contributed by atoms with Gasteiger partial charge in [-0.25, -0.2) is 0 Å². The highest BCUT2D eigenvalue weighted by Crippen LogP contribution is 2.14. The van der Waals surface area contributed by atoms with Gasteiger partial charge in [0.1, 0.15) is 0 Å². The van der Waals surface area contributed by atoms with Gasteiger partial charge in [0, 0.05) is 0 Å². The van der Waals surface area contributed by atoms with Crippen LogP contribution in [0.25, 0.3) is 0 Å². The molecule has 1 radical (unpaired) electrons. The summed E-state index contributed by atoms with van der Waals surface area (Å²) in [7, 11) is 0. The smallest absolute Gasteiger partial charge is 0.0146 e. The summed E-state index contributed by atoms with van der Waals surface area (Å²) in [5.74, 6) is 0. The maximum atomic E-state index is 3.40. The van der Waals surface area contributed by atoms with Gasteiger partial charge in [0.05, 0.1) is 0 Å². The highest BCUT2D eigenvalue weighted by Gasteiger charge is 2.00.